The second kappa shape index (κ2) is 9.00. The average Bonchev–Trinajstić information content (AvgIpc) is 2.93. The van der Waals surface area contributed by atoms with Crippen molar-refractivity contribution < 1.29 is 0 Å². The minimum atomic E-state index is 0. The molecule has 2 N–H and O–H groups in total. The zero-order valence-electron chi connectivity index (χ0n) is 15.0. The number of aliphatic imine (C=N–C) groups is 1. The largest absolute Gasteiger partial charge is 0.356 e. The van der Waals surface area contributed by atoms with Gasteiger partial charge in [-0.05, 0) is 18.1 Å². The molecule has 7 heteroatoms. The molecule has 2 aromatic rings. The molecule has 0 radical (unpaired) electrons. The van der Waals surface area contributed by atoms with Crippen molar-refractivity contribution >= 4 is 29.9 Å². The summed E-state index contributed by atoms with van der Waals surface area (Å²) in [5.41, 5.74) is 2.66. The molecule has 0 fully saturated rings. The molecule has 1 aromatic heterocycles. The van der Waals surface area contributed by atoms with E-state index in [0.29, 0.717) is 6.54 Å². The van der Waals surface area contributed by atoms with Gasteiger partial charge in [-0.25, -0.2) is 4.98 Å². The maximum Gasteiger partial charge on any atom is 0.191 e. The third-order valence-corrected chi connectivity index (χ3v) is 4.01. The van der Waals surface area contributed by atoms with Crippen molar-refractivity contribution in [2.45, 2.75) is 32.7 Å². The van der Waals surface area contributed by atoms with Crippen molar-refractivity contribution in [2.24, 2.45) is 12.0 Å². The number of nitrogens with one attached hydrogen (secondary N) is 2. The molecule has 1 heterocycles. The molecule has 1 aromatic carbocycles. The number of aryl methyl sites for hydroxylation is 2. The molecule has 0 amide bonds. The third-order valence-electron chi connectivity index (χ3n) is 4.01. The highest BCUT2D eigenvalue weighted by molar-refractivity contribution is 14.0. The van der Waals surface area contributed by atoms with E-state index >= 15 is 0 Å². The first-order chi connectivity index (χ1) is 10.9. The first kappa shape index (κ1) is 20.4. The van der Waals surface area contributed by atoms with Gasteiger partial charge in [0.05, 0.1) is 6.54 Å². The van der Waals surface area contributed by atoms with E-state index < -0.39 is 0 Å². The number of benzene rings is 1. The van der Waals surface area contributed by atoms with Crippen molar-refractivity contribution in [1.82, 2.24) is 25.4 Å². The highest BCUT2D eigenvalue weighted by atomic mass is 127. The fourth-order valence-corrected chi connectivity index (χ4v) is 2.60. The van der Waals surface area contributed by atoms with Crippen LogP contribution >= 0.6 is 24.0 Å². The Bertz CT molecular complexity index is 677. The van der Waals surface area contributed by atoms with E-state index in [4.69, 9.17) is 0 Å². The zero-order chi connectivity index (χ0) is 16.9. The van der Waals surface area contributed by atoms with Gasteiger partial charge in [-0.3, -0.25) is 9.67 Å². The Labute approximate surface area is 161 Å². The zero-order valence-corrected chi connectivity index (χ0v) is 17.3. The highest BCUT2D eigenvalue weighted by Crippen LogP contribution is 2.25. The molecule has 132 valence electrons. The van der Waals surface area contributed by atoms with Gasteiger partial charge in [0.1, 0.15) is 12.2 Å². The van der Waals surface area contributed by atoms with E-state index in [1.165, 1.54) is 11.1 Å². The lowest BCUT2D eigenvalue weighted by Crippen LogP contribution is -2.43. The van der Waals surface area contributed by atoms with Crippen LogP contribution in [0, 0.1) is 6.92 Å². The molecule has 24 heavy (non-hydrogen) atoms. The fourth-order valence-electron chi connectivity index (χ4n) is 2.60. The molecule has 0 atom stereocenters. The van der Waals surface area contributed by atoms with Gasteiger partial charge in [0.2, 0.25) is 0 Å². The SMILES string of the molecule is CN=C(NCc1ncnn1C)NCC(C)(C)c1ccccc1C.I. The summed E-state index contributed by atoms with van der Waals surface area (Å²) in [6.07, 6.45) is 1.55. The van der Waals surface area contributed by atoms with E-state index in [2.05, 4.69) is 70.7 Å². The molecule has 2 rings (SSSR count). The number of aromatic nitrogens is 3. The summed E-state index contributed by atoms with van der Waals surface area (Å²) in [4.78, 5) is 8.47. The van der Waals surface area contributed by atoms with Crippen LogP contribution in [0.25, 0.3) is 0 Å². The van der Waals surface area contributed by atoms with Gasteiger partial charge in [-0.15, -0.1) is 24.0 Å². The van der Waals surface area contributed by atoms with Crippen molar-refractivity contribution in [3.05, 3.63) is 47.5 Å². The summed E-state index contributed by atoms with van der Waals surface area (Å²) in [6.45, 7) is 7.99. The normalized spacial score (nSPS) is 11.8. The molecule has 0 spiro atoms. The minimum Gasteiger partial charge on any atom is -0.356 e. The Balaban J connectivity index is 0.00000288. The number of halogens is 1. The molecule has 0 saturated carbocycles. The highest BCUT2D eigenvalue weighted by Gasteiger charge is 2.22. The first-order valence-electron chi connectivity index (χ1n) is 7.77. The van der Waals surface area contributed by atoms with Gasteiger partial charge in [0.15, 0.2) is 5.96 Å². The number of nitrogens with zero attached hydrogens (tertiary/aromatic N) is 4. The summed E-state index contributed by atoms with van der Waals surface area (Å²) in [6, 6.07) is 8.50. The fraction of sp³-hybridized carbons (Fsp3) is 0.471. The molecule has 0 aliphatic rings. The van der Waals surface area contributed by atoms with Crippen LogP contribution in [-0.2, 0) is 19.0 Å². The summed E-state index contributed by atoms with van der Waals surface area (Å²) >= 11 is 0. The predicted octanol–water partition coefficient (Wildman–Crippen LogP) is 2.38. The lowest BCUT2D eigenvalue weighted by atomic mass is 9.82. The maximum atomic E-state index is 4.27. The van der Waals surface area contributed by atoms with Crippen molar-refractivity contribution in [1.29, 1.82) is 0 Å². The molecular weight excluding hydrogens is 415 g/mol. The van der Waals surface area contributed by atoms with Crippen LogP contribution < -0.4 is 10.6 Å². The van der Waals surface area contributed by atoms with E-state index in [1.807, 2.05) is 7.05 Å². The van der Waals surface area contributed by atoms with Gasteiger partial charge in [0, 0.05) is 26.1 Å². The summed E-state index contributed by atoms with van der Waals surface area (Å²) in [7, 11) is 3.65. The van der Waals surface area contributed by atoms with E-state index in [1.54, 1.807) is 18.1 Å². The quantitative estimate of drug-likeness (QED) is 0.424. The molecule has 0 aliphatic carbocycles. The van der Waals surface area contributed by atoms with Crippen molar-refractivity contribution in [3.8, 4) is 0 Å². The third kappa shape index (κ3) is 5.19. The van der Waals surface area contributed by atoms with Crippen LogP contribution in [0.1, 0.15) is 30.8 Å². The van der Waals surface area contributed by atoms with Crippen LogP contribution in [0.3, 0.4) is 0 Å². The van der Waals surface area contributed by atoms with E-state index in [9.17, 15) is 0 Å². The van der Waals surface area contributed by atoms with E-state index in [0.717, 1.165) is 18.3 Å². The van der Waals surface area contributed by atoms with Gasteiger partial charge in [-0.2, -0.15) is 5.10 Å². The maximum absolute atomic E-state index is 4.27. The van der Waals surface area contributed by atoms with Gasteiger partial charge < -0.3 is 10.6 Å². The lowest BCUT2D eigenvalue weighted by molar-refractivity contribution is 0.505. The van der Waals surface area contributed by atoms with Crippen LogP contribution in [0.2, 0.25) is 0 Å². The van der Waals surface area contributed by atoms with Crippen LogP contribution in [0.5, 0.6) is 0 Å². The Morgan fingerprint density at radius 2 is 1.96 bits per heavy atom. The van der Waals surface area contributed by atoms with Crippen molar-refractivity contribution in [2.75, 3.05) is 13.6 Å². The molecular formula is C17H27IN6. The molecule has 6 nitrogen and oxygen atoms in total. The Kier molecular flexibility index (Phi) is 7.65. The number of guanidine groups is 1. The Morgan fingerprint density at radius 1 is 1.25 bits per heavy atom. The van der Waals surface area contributed by atoms with Crippen molar-refractivity contribution in [3.63, 3.8) is 0 Å². The number of hydrogen-bond donors (Lipinski definition) is 2. The smallest absolute Gasteiger partial charge is 0.191 e. The monoisotopic (exact) mass is 442 g/mol. The Hall–Kier alpha value is -1.64. The summed E-state index contributed by atoms with van der Waals surface area (Å²) in [5.74, 6) is 1.63. The lowest BCUT2D eigenvalue weighted by Gasteiger charge is -2.28. The standard InChI is InChI=1S/C17H26N6.HI/c1-13-8-6-7-9-14(13)17(2,3)11-20-16(18-4)19-10-15-21-12-22-23(15)5;/h6-9,12H,10-11H2,1-5H3,(H2,18,19,20);1H. The average molecular weight is 442 g/mol. The Morgan fingerprint density at radius 3 is 2.54 bits per heavy atom. The summed E-state index contributed by atoms with van der Waals surface area (Å²) < 4.78 is 1.75. The molecule has 0 aliphatic heterocycles. The van der Waals surface area contributed by atoms with Gasteiger partial charge in [-0.1, -0.05) is 38.1 Å². The minimum absolute atomic E-state index is 0. The number of rotatable bonds is 5. The topological polar surface area (TPSA) is 67.1 Å². The van der Waals surface area contributed by atoms with Gasteiger partial charge in [0.25, 0.3) is 0 Å². The molecule has 0 saturated heterocycles. The van der Waals surface area contributed by atoms with Crippen LogP contribution in [-0.4, -0.2) is 34.3 Å². The first-order valence-corrected chi connectivity index (χ1v) is 7.77. The van der Waals surface area contributed by atoms with E-state index in [-0.39, 0.29) is 29.4 Å². The second-order valence-corrected chi connectivity index (χ2v) is 6.28. The molecule has 0 unspecified atom stereocenters. The predicted molar refractivity (Wildman–Crippen MR) is 109 cm³/mol. The second-order valence-electron chi connectivity index (χ2n) is 6.28. The molecule has 0 bridgehead atoms. The summed E-state index contributed by atoms with van der Waals surface area (Å²) in [5, 5.41) is 10.7. The van der Waals surface area contributed by atoms with Gasteiger partial charge >= 0.3 is 0 Å². The van der Waals surface area contributed by atoms with Crippen LogP contribution in [0.4, 0.5) is 0 Å². The number of hydrogen-bond acceptors (Lipinski definition) is 3. The van der Waals surface area contributed by atoms with Crippen LogP contribution in [0.15, 0.2) is 35.6 Å².